The Labute approximate surface area is 113 Å². The van der Waals surface area contributed by atoms with E-state index in [9.17, 15) is 19.7 Å². The average Bonchev–Trinajstić information content (AvgIpc) is 2.25. The summed E-state index contributed by atoms with van der Waals surface area (Å²) in [5.74, 6) is -0.673. The van der Waals surface area contributed by atoms with Crippen LogP contribution >= 0.6 is 23.4 Å². The quantitative estimate of drug-likeness (QED) is 0.360. The van der Waals surface area contributed by atoms with Crippen LogP contribution in [0.15, 0.2) is 23.1 Å². The van der Waals surface area contributed by atoms with Gasteiger partial charge in [0.05, 0.1) is 9.82 Å². The molecule has 0 spiro atoms. The van der Waals surface area contributed by atoms with Gasteiger partial charge >= 0.3 is 0 Å². The lowest BCUT2D eigenvalue weighted by Gasteiger charge is -2.10. The van der Waals surface area contributed by atoms with Crippen molar-refractivity contribution in [3.05, 3.63) is 33.3 Å². The van der Waals surface area contributed by atoms with E-state index in [4.69, 9.17) is 11.6 Å². The Morgan fingerprint density at radius 3 is 2.33 bits per heavy atom. The zero-order chi connectivity index (χ0) is 13.9. The number of rotatable bonds is 5. The topological polar surface area (TPSA) is 77.3 Å². The predicted octanol–water partition coefficient (Wildman–Crippen LogP) is 2.89. The van der Waals surface area contributed by atoms with Crippen molar-refractivity contribution in [1.29, 1.82) is 0 Å². The van der Waals surface area contributed by atoms with Crippen molar-refractivity contribution in [2.24, 2.45) is 0 Å². The summed E-state index contributed by atoms with van der Waals surface area (Å²) in [7, 11) is 0. The molecule has 0 saturated carbocycles. The minimum atomic E-state index is -0.926. The van der Waals surface area contributed by atoms with Crippen molar-refractivity contribution >= 4 is 40.6 Å². The molecule has 0 amide bonds. The molecular formula is C11H10ClNO4S. The summed E-state index contributed by atoms with van der Waals surface area (Å²) in [6.45, 7) is 2.56. The monoisotopic (exact) mass is 287 g/mol. The highest BCUT2D eigenvalue weighted by Crippen LogP contribution is 2.34. The van der Waals surface area contributed by atoms with Crippen LogP contribution in [0.25, 0.3) is 0 Å². The van der Waals surface area contributed by atoms with E-state index in [1.807, 2.05) is 0 Å². The first-order chi connectivity index (χ1) is 8.32. The van der Waals surface area contributed by atoms with E-state index in [-0.39, 0.29) is 27.2 Å². The van der Waals surface area contributed by atoms with Crippen LogP contribution in [-0.2, 0) is 9.59 Å². The number of thioether (sulfide) groups is 1. The predicted molar refractivity (Wildman–Crippen MR) is 69.1 cm³/mol. The minimum Gasteiger partial charge on any atom is -0.298 e. The van der Waals surface area contributed by atoms with Gasteiger partial charge in [0.15, 0.2) is 11.6 Å². The molecule has 0 aromatic heterocycles. The summed E-state index contributed by atoms with van der Waals surface area (Å²) in [5, 5.41) is 10.2. The number of Topliss-reactive ketones (excluding diaryl/α,β-unsaturated/α-hetero) is 2. The van der Waals surface area contributed by atoms with Gasteiger partial charge < -0.3 is 0 Å². The molecule has 0 unspecified atom stereocenters. The zero-order valence-electron chi connectivity index (χ0n) is 9.68. The molecule has 0 aliphatic rings. The van der Waals surface area contributed by atoms with Crippen LogP contribution in [0.3, 0.4) is 0 Å². The lowest BCUT2D eigenvalue weighted by Crippen LogP contribution is -2.22. The Balaban J connectivity index is 3.13. The minimum absolute atomic E-state index is 0.208. The second-order valence-corrected chi connectivity index (χ2v) is 5.17. The number of nitro groups is 1. The lowest BCUT2D eigenvalue weighted by atomic mass is 10.2. The number of carbonyl (C=O) groups excluding carboxylic acids is 2. The van der Waals surface area contributed by atoms with Crippen molar-refractivity contribution in [3.8, 4) is 0 Å². The summed E-state index contributed by atoms with van der Waals surface area (Å²) in [4.78, 5) is 33.1. The molecule has 0 aliphatic heterocycles. The van der Waals surface area contributed by atoms with E-state index in [0.29, 0.717) is 0 Å². The molecule has 1 aromatic carbocycles. The maximum absolute atomic E-state index is 11.3. The third-order valence-electron chi connectivity index (χ3n) is 2.10. The number of benzene rings is 1. The molecule has 5 nitrogen and oxygen atoms in total. The molecule has 0 heterocycles. The fraction of sp³-hybridized carbons (Fsp3) is 0.273. The Hall–Kier alpha value is -1.40. The summed E-state index contributed by atoms with van der Waals surface area (Å²) < 4.78 is 0. The molecular weight excluding hydrogens is 278 g/mol. The summed E-state index contributed by atoms with van der Waals surface area (Å²) >= 11 is 6.54. The number of halogens is 1. The van der Waals surface area contributed by atoms with Crippen molar-refractivity contribution in [2.45, 2.75) is 24.0 Å². The number of hydrogen-bond acceptors (Lipinski definition) is 5. The first kappa shape index (κ1) is 14.7. The van der Waals surface area contributed by atoms with Crippen LogP contribution in [0.2, 0.25) is 5.02 Å². The zero-order valence-corrected chi connectivity index (χ0v) is 11.2. The SMILES string of the molecule is CC(=O)C(Sc1ccc(Cl)cc1[N+](=O)[O-])C(C)=O. The first-order valence-corrected chi connectivity index (χ1v) is 6.20. The molecule has 1 aromatic rings. The van der Waals surface area contributed by atoms with Crippen molar-refractivity contribution in [1.82, 2.24) is 0 Å². The number of hydrogen-bond donors (Lipinski definition) is 0. The maximum Gasteiger partial charge on any atom is 0.284 e. The number of ketones is 2. The highest BCUT2D eigenvalue weighted by molar-refractivity contribution is 8.01. The van der Waals surface area contributed by atoms with Gasteiger partial charge in [0.1, 0.15) is 5.25 Å². The molecule has 96 valence electrons. The third kappa shape index (κ3) is 3.54. The van der Waals surface area contributed by atoms with Gasteiger partial charge in [-0.2, -0.15) is 0 Å². The van der Waals surface area contributed by atoms with Crippen LogP contribution in [0, 0.1) is 10.1 Å². The normalized spacial score (nSPS) is 10.4. The van der Waals surface area contributed by atoms with Crippen molar-refractivity contribution < 1.29 is 14.5 Å². The van der Waals surface area contributed by atoms with Crippen LogP contribution in [0.4, 0.5) is 5.69 Å². The van der Waals surface area contributed by atoms with Gasteiger partial charge in [-0.25, -0.2) is 0 Å². The second kappa shape index (κ2) is 5.97. The van der Waals surface area contributed by atoms with Gasteiger partial charge in [0.2, 0.25) is 0 Å². The Morgan fingerprint density at radius 2 is 1.89 bits per heavy atom. The van der Waals surface area contributed by atoms with Gasteiger partial charge in [-0.05, 0) is 26.0 Å². The summed E-state index contributed by atoms with van der Waals surface area (Å²) in [5.41, 5.74) is -0.208. The van der Waals surface area contributed by atoms with Gasteiger partial charge in [-0.15, -0.1) is 0 Å². The Bertz CT molecular complexity index is 504. The number of carbonyl (C=O) groups is 2. The van der Waals surface area contributed by atoms with E-state index in [1.165, 1.54) is 32.0 Å². The van der Waals surface area contributed by atoms with E-state index in [0.717, 1.165) is 11.8 Å². The molecule has 0 atom stereocenters. The second-order valence-electron chi connectivity index (χ2n) is 3.59. The fourth-order valence-electron chi connectivity index (χ4n) is 1.31. The van der Waals surface area contributed by atoms with Gasteiger partial charge in [-0.3, -0.25) is 19.7 Å². The maximum atomic E-state index is 11.3. The highest BCUT2D eigenvalue weighted by atomic mass is 35.5. The molecule has 18 heavy (non-hydrogen) atoms. The van der Waals surface area contributed by atoms with Crippen molar-refractivity contribution in [2.75, 3.05) is 0 Å². The molecule has 0 N–H and O–H groups in total. The van der Waals surface area contributed by atoms with Gasteiger partial charge in [-0.1, -0.05) is 23.4 Å². The molecule has 0 saturated heterocycles. The average molecular weight is 288 g/mol. The smallest absolute Gasteiger partial charge is 0.284 e. The largest absolute Gasteiger partial charge is 0.298 e. The van der Waals surface area contributed by atoms with E-state index in [2.05, 4.69) is 0 Å². The van der Waals surface area contributed by atoms with Crippen LogP contribution < -0.4 is 0 Å². The third-order valence-corrected chi connectivity index (χ3v) is 3.83. The van der Waals surface area contributed by atoms with Gasteiger partial charge in [0, 0.05) is 11.1 Å². The van der Waals surface area contributed by atoms with Crippen LogP contribution in [0.1, 0.15) is 13.8 Å². The van der Waals surface area contributed by atoms with E-state index >= 15 is 0 Å². The Kier molecular flexibility index (Phi) is 4.86. The molecule has 7 heteroatoms. The lowest BCUT2D eigenvalue weighted by molar-refractivity contribution is -0.387. The molecule has 0 radical (unpaired) electrons. The highest BCUT2D eigenvalue weighted by Gasteiger charge is 2.25. The molecule has 0 aliphatic carbocycles. The van der Waals surface area contributed by atoms with Crippen molar-refractivity contribution in [3.63, 3.8) is 0 Å². The number of nitrogens with zero attached hydrogens (tertiary/aromatic N) is 1. The number of nitro benzene ring substituents is 1. The van der Waals surface area contributed by atoms with E-state index in [1.54, 1.807) is 0 Å². The fourth-order valence-corrected chi connectivity index (χ4v) is 2.47. The first-order valence-electron chi connectivity index (χ1n) is 4.94. The van der Waals surface area contributed by atoms with Crippen LogP contribution in [0.5, 0.6) is 0 Å². The molecule has 0 bridgehead atoms. The summed E-state index contributed by atoms with van der Waals surface area (Å²) in [6, 6.07) is 4.11. The van der Waals surface area contributed by atoms with E-state index < -0.39 is 10.2 Å². The molecule has 1 rings (SSSR count). The van der Waals surface area contributed by atoms with Crippen LogP contribution in [-0.4, -0.2) is 21.7 Å². The Morgan fingerprint density at radius 1 is 1.33 bits per heavy atom. The van der Waals surface area contributed by atoms with Gasteiger partial charge in [0.25, 0.3) is 5.69 Å². The summed E-state index contributed by atoms with van der Waals surface area (Å²) in [6.07, 6.45) is 0. The standard InChI is InChI=1S/C11H10ClNO4S/c1-6(14)11(7(2)15)18-10-4-3-8(12)5-9(10)13(16)17/h3-5,11H,1-2H3. The molecule has 0 fully saturated rings.